The number of nitrogens with zero attached hydrogens (tertiary/aromatic N) is 3. The molecule has 0 saturated carbocycles. The predicted molar refractivity (Wildman–Crippen MR) is 114 cm³/mol. The van der Waals surface area contributed by atoms with Crippen molar-refractivity contribution in [1.29, 1.82) is 0 Å². The van der Waals surface area contributed by atoms with Crippen LogP contribution in [0.1, 0.15) is 65.7 Å². The Morgan fingerprint density at radius 3 is 2.15 bits per heavy atom. The molecular formula is C23H44N4. The van der Waals surface area contributed by atoms with E-state index in [1.54, 1.807) is 0 Å². The molecule has 1 N–H and O–H groups in total. The molecule has 2 atom stereocenters. The maximum Gasteiger partial charge on any atom is 0.0194 e. The molecular weight excluding hydrogens is 332 g/mol. The summed E-state index contributed by atoms with van der Waals surface area (Å²) in [6, 6.07) is 1.44. The smallest absolute Gasteiger partial charge is 0.0194 e. The minimum Gasteiger partial charge on any atom is -0.317 e. The van der Waals surface area contributed by atoms with Crippen molar-refractivity contribution in [1.82, 2.24) is 20.0 Å². The molecule has 0 aliphatic carbocycles. The van der Waals surface area contributed by atoms with E-state index in [1.165, 1.54) is 104 Å². The number of rotatable bonds is 4. The van der Waals surface area contributed by atoms with Gasteiger partial charge in [-0.2, -0.15) is 0 Å². The zero-order chi connectivity index (χ0) is 18.9. The summed E-state index contributed by atoms with van der Waals surface area (Å²) in [5, 5.41) is 3.55. The van der Waals surface area contributed by atoms with Gasteiger partial charge in [0.1, 0.15) is 0 Å². The number of hydrogen-bond acceptors (Lipinski definition) is 4. The second-order valence-electron chi connectivity index (χ2n) is 10.8. The van der Waals surface area contributed by atoms with Crippen LogP contribution in [0.2, 0.25) is 0 Å². The van der Waals surface area contributed by atoms with Gasteiger partial charge in [0.25, 0.3) is 0 Å². The fraction of sp³-hybridized carbons (Fsp3) is 1.00. The lowest BCUT2D eigenvalue weighted by atomic mass is 9.71. The van der Waals surface area contributed by atoms with Crippen molar-refractivity contribution < 1.29 is 0 Å². The van der Waals surface area contributed by atoms with Crippen LogP contribution < -0.4 is 5.32 Å². The van der Waals surface area contributed by atoms with Crippen molar-refractivity contribution >= 4 is 0 Å². The molecule has 0 aromatic carbocycles. The topological polar surface area (TPSA) is 21.8 Å². The Morgan fingerprint density at radius 1 is 0.741 bits per heavy atom. The minimum atomic E-state index is 0.600. The summed E-state index contributed by atoms with van der Waals surface area (Å²) in [6.07, 6.45) is 10.00. The third-order valence-electron chi connectivity index (χ3n) is 8.61. The molecule has 4 rings (SSSR count). The van der Waals surface area contributed by atoms with Gasteiger partial charge in [-0.25, -0.2) is 0 Å². The molecule has 4 heteroatoms. The monoisotopic (exact) mass is 376 g/mol. The molecule has 4 aliphatic heterocycles. The van der Waals surface area contributed by atoms with Crippen molar-refractivity contribution in [3.8, 4) is 0 Å². The molecule has 0 aromatic rings. The van der Waals surface area contributed by atoms with Crippen LogP contribution in [0.5, 0.6) is 0 Å². The lowest BCUT2D eigenvalue weighted by molar-refractivity contribution is 0.0400. The molecule has 4 aliphatic rings. The highest BCUT2D eigenvalue weighted by atomic mass is 15.3. The predicted octanol–water partition coefficient (Wildman–Crippen LogP) is 3.04. The van der Waals surface area contributed by atoms with Crippen LogP contribution in [-0.4, -0.2) is 85.7 Å². The molecule has 4 saturated heterocycles. The Bertz CT molecular complexity index is 477. The minimum absolute atomic E-state index is 0.600. The molecule has 27 heavy (non-hydrogen) atoms. The van der Waals surface area contributed by atoms with Crippen molar-refractivity contribution in [3.63, 3.8) is 0 Å². The molecule has 0 radical (unpaired) electrons. The number of hydrogen-bond donors (Lipinski definition) is 1. The quantitative estimate of drug-likeness (QED) is 0.814. The second kappa shape index (κ2) is 8.30. The Hall–Kier alpha value is -0.160. The average Bonchev–Trinajstić information content (AvgIpc) is 3.04. The summed E-state index contributed by atoms with van der Waals surface area (Å²) in [4.78, 5) is 8.35. The van der Waals surface area contributed by atoms with Crippen LogP contribution in [0.25, 0.3) is 0 Å². The fourth-order valence-corrected chi connectivity index (χ4v) is 6.59. The van der Waals surface area contributed by atoms with Gasteiger partial charge >= 0.3 is 0 Å². The van der Waals surface area contributed by atoms with E-state index < -0.39 is 0 Å². The van der Waals surface area contributed by atoms with E-state index in [4.69, 9.17) is 0 Å². The highest BCUT2D eigenvalue weighted by Gasteiger charge is 2.42. The molecule has 4 nitrogen and oxygen atoms in total. The number of piperidine rings is 3. The Morgan fingerprint density at radius 2 is 1.44 bits per heavy atom. The van der Waals surface area contributed by atoms with Crippen LogP contribution in [0.3, 0.4) is 0 Å². The van der Waals surface area contributed by atoms with Gasteiger partial charge in [0, 0.05) is 31.7 Å². The number of likely N-dealkylation sites (tertiary alicyclic amines) is 3. The van der Waals surface area contributed by atoms with Crippen LogP contribution >= 0.6 is 0 Å². The first kappa shape index (κ1) is 20.1. The molecule has 2 unspecified atom stereocenters. The van der Waals surface area contributed by atoms with E-state index in [0.29, 0.717) is 16.9 Å². The molecule has 4 heterocycles. The zero-order valence-corrected chi connectivity index (χ0v) is 18.3. The Labute approximate surface area is 168 Å². The van der Waals surface area contributed by atoms with E-state index in [-0.39, 0.29) is 0 Å². The van der Waals surface area contributed by atoms with Crippen LogP contribution in [0.4, 0.5) is 0 Å². The van der Waals surface area contributed by atoms with Crippen LogP contribution in [0, 0.1) is 10.8 Å². The lowest BCUT2D eigenvalue weighted by Crippen LogP contribution is -2.51. The van der Waals surface area contributed by atoms with E-state index >= 15 is 0 Å². The fourth-order valence-electron chi connectivity index (χ4n) is 6.59. The Kier molecular flexibility index (Phi) is 6.18. The summed E-state index contributed by atoms with van der Waals surface area (Å²) < 4.78 is 0. The third-order valence-corrected chi connectivity index (χ3v) is 8.61. The van der Waals surface area contributed by atoms with Crippen molar-refractivity contribution in [2.24, 2.45) is 10.8 Å². The summed E-state index contributed by atoms with van der Waals surface area (Å²) in [6.45, 7) is 19.0. The standard InChI is InChI=1S/C23H44N4/c1-20(2)27-13-4-5-23(19-27)8-14-25(18-23)17-21(3)26-15-9-22(10-16-26)6-11-24-12-7-22/h20-21,24H,4-19H2,1-3H3. The van der Waals surface area contributed by atoms with E-state index in [1.807, 2.05) is 0 Å². The first-order valence-corrected chi connectivity index (χ1v) is 11.9. The number of nitrogens with one attached hydrogen (secondary N) is 1. The van der Waals surface area contributed by atoms with E-state index in [2.05, 4.69) is 40.8 Å². The lowest BCUT2D eigenvalue weighted by Gasteiger charge is -2.46. The highest BCUT2D eigenvalue weighted by molar-refractivity contribution is 4.97. The van der Waals surface area contributed by atoms with Gasteiger partial charge < -0.3 is 15.1 Å². The van der Waals surface area contributed by atoms with Crippen molar-refractivity contribution in [3.05, 3.63) is 0 Å². The third kappa shape index (κ3) is 4.55. The van der Waals surface area contributed by atoms with Crippen LogP contribution in [-0.2, 0) is 0 Å². The summed E-state index contributed by atoms with van der Waals surface area (Å²) >= 11 is 0. The molecule has 0 aromatic heterocycles. The maximum atomic E-state index is 3.55. The van der Waals surface area contributed by atoms with Crippen molar-refractivity contribution in [2.75, 3.05) is 58.9 Å². The second-order valence-corrected chi connectivity index (χ2v) is 10.8. The Balaban J connectivity index is 1.25. The van der Waals surface area contributed by atoms with E-state index in [9.17, 15) is 0 Å². The summed E-state index contributed by atoms with van der Waals surface area (Å²) in [5.41, 5.74) is 1.28. The molecule has 0 amide bonds. The van der Waals surface area contributed by atoms with Gasteiger partial charge in [0.2, 0.25) is 0 Å². The van der Waals surface area contributed by atoms with Gasteiger partial charge in [0.05, 0.1) is 0 Å². The molecule has 2 spiro atoms. The first-order valence-electron chi connectivity index (χ1n) is 11.9. The molecule has 156 valence electrons. The normalized spacial score (nSPS) is 34.7. The van der Waals surface area contributed by atoms with Crippen molar-refractivity contribution in [2.45, 2.75) is 77.8 Å². The van der Waals surface area contributed by atoms with E-state index in [0.717, 1.165) is 6.04 Å². The average molecular weight is 377 g/mol. The summed E-state index contributed by atoms with van der Waals surface area (Å²) in [5.74, 6) is 0. The molecule has 4 fully saturated rings. The van der Waals surface area contributed by atoms with Gasteiger partial charge in [0.15, 0.2) is 0 Å². The first-order chi connectivity index (χ1) is 13.0. The van der Waals surface area contributed by atoms with Gasteiger partial charge in [-0.15, -0.1) is 0 Å². The maximum absolute atomic E-state index is 3.55. The van der Waals surface area contributed by atoms with Gasteiger partial charge in [-0.1, -0.05) is 0 Å². The van der Waals surface area contributed by atoms with Crippen LogP contribution in [0.15, 0.2) is 0 Å². The highest BCUT2D eigenvalue weighted by Crippen LogP contribution is 2.41. The van der Waals surface area contributed by atoms with Gasteiger partial charge in [-0.3, -0.25) is 4.90 Å². The summed E-state index contributed by atoms with van der Waals surface area (Å²) in [7, 11) is 0. The SMILES string of the molecule is CC(C)N1CCCC2(CCN(CC(C)N3CCC4(CCNCC4)CC3)C2)C1. The van der Waals surface area contributed by atoms with Gasteiger partial charge in [-0.05, 0) is 116 Å². The largest absolute Gasteiger partial charge is 0.317 e. The molecule has 0 bridgehead atoms. The zero-order valence-electron chi connectivity index (χ0n) is 18.3.